The maximum atomic E-state index is 11.6. The molecule has 0 aliphatic heterocycles. The number of carbonyl (C=O) groups is 2. The smallest absolute Gasteiger partial charge is 0.311 e. The van der Waals surface area contributed by atoms with Crippen LogP contribution in [0.2, 0.25) is 0 Å². The van der Waals surface area contributed by atoms with Crippen molar-refractivity contribution in [2.45, 2.75) is 12.8 Å². The van der Waals surface area contributed by atoms with Crippen molar-refractivity contribution in [3.8, 4) is 0 Å². The molecule has 0 unspecified atom stereocenters. The van der Waals surface area contributed by atoms with E-state index in [2.05, 4.69) is 10.3 Å². The molecule has 0 radical (unpaired) electrons. The van der Waals surface area contributed by atoms with Gasteiger partial charge < -0.3 is 16.2 Å². The fourth-order valence-corrected chi connectivity index (χ4v) is 2.35. The van der Waals surface area contributed by atoms with Gasteiger partial charge in [0.15, 0.2) is 0 Å². The Kier molecular flexibility index (Phi) is 3.01. The summed E-state index contributed by atoms with van der Waals surface area (Å²) in [6, 6.07) is 8.78. The van der Waals surface area contributed by atoms with E-state index < -0.39 is 17.3 Å². The largest absolute Gasteiger partial charge is 0.481 e. The molecule has 21 heavy (non-hydrogen) atoms. The highest BCUT2D eigenvalue weighted by Crippen LogP contribution is 2.45. The number of nitrogens with zero attached hydrogens (tertiary/aromatic N) is 1. The molecule has 108 valence electrons. The second-order valence-electron chi connectivity index (χ2n) is 5.38. The summed E-state index contributed by atoms with van der Waals surface area (Å²) in [4.78, 5) is 27.1. The maximum Gasteiger partial charge on any atom is 0.311 e. The summed E-state index contributed by atoms with van der Waals surface area (Å²) in [5.74, 6) is -0.864. The monoisotopic (exact) mass is 285 g/mol. The van der Waals surface area contributed by atoms with Gasteiger partial charge in [-0.25, -0.2) is 4.98 Å². The third-order valence-electron chi connectivity index (χ3n) is 3.90. The maximum absolute atomic E-state index is 11.6. The standard InChI is InChI=1S/C15H15N3O3/c16-13(19)10-7-12(17-8-15(5-6-15)14(20)21)18-11-4-2-1-3-9(10)11/h1-4,7H,5-6,8H2,(H2,16,19)(H,17,18)(H,20,21). The first-order valence-electron chi connectivity index (χ1n) is 6.69. The number of carbonyl (C=O) groups excluding carboxylic acids is 1. The van der Waals surface area contributed by atoms with Crippen LogP contribution >= 0.6 is 0 Å². The number of benzene rings is 1. The Hall–Kier alpha value is -2.63. The van der Waals surface area contributed by atoms with Gasteiger partial charge in [-0.05, 0) is 25.0 Å². The number of fused-ring (bicyclic) bond motifs is 1. The highest BCUT2D eigenvalue weighted by molar-refractivity contribution is 6.06. The normalized spacial score (nSPS) is 15.6. The van der Waals surface area contributed by atoms with Crippen LogP contribution in [0.4, 0.5) is 5.82 Å². The lowest BCUT2D eigenvalue weighted by Gasteiger charge is -2.13. The van der Waals surface area contributed by atoms with Crippen LogP contribution in [-0.4, -0.2) is 28.5 Å². The molecule has 1 aromatic carbocycles. The molecule has 4 N–H and O–H groups in total. The second-order valence-corrected chi connectivity index (χ2v) is 5.38. The van der Waals surface area contributed by atoms with Gasteiger partial charge in [0.25, 0.3) is 0 Å². The summed E-state index contributed by atoms with van der Waals surface area (Å²) in [5, 5.41) is 12.9. The number of hydrogen-bond acceptors (Lipinski definition) is 4. The number of aromatic nitrogens is 1. The van der Waals surface area contributed by atoms with Gasteiger partial charge in [0, 0.05) is 11.9 Å². The van der Waals surface area contributed by atoms with Gasteiger partial charge in [0.1, 0.15) is 5.82 Å². The molecule has 6 heteroatoms. The lowest BCUT2D eigenvalue weighted by molar-refractivity contribution is -0.142. The van der Waals surface area contributed by atoms with Crippen molar-refractivity contribution >= 4 is 28.6 Å². The number of nitrogens with one attached hydrogen (secondary N) is 1. The van der Waals surface area contributed by atoms with Crippen molar-refractivity contribution in [2.75, 3.05) is 11.9 Å². The number of nitrogens with two attached hydrogens (primary N) is 1. The summed E-state index contributed by atoms with van der Waals surface area (Å²) < 4.78 is 0. The molecule has 1 amide bonds. The zero-order valence-electron chi connectivity index (χ0n) is 11.3. The quantitative estimate of drug-likeness (QED) is 0.774. The summed E-state index contributed by atoms with van der Waals surface area (Å²) >= 11 is 0. The first kappa shape index (κ1) is 13.4. The van der Waals surface area contributed by atoms with Gasteiger partial charge >= 0.3 is 5.97 Å². The fraction of sp³-hybridized carbons (Fsp3) is 0.267. The van der Waals surface area contributed by atoms with Crippen LogP contribution in [0, 0.1) is 5.41 Å². The van der Waals surface area contributed by atoms with E-state index >= 15 is 0 Å². The van der Waals surface area contributed by atoms with Gasteiger partial charge in [-0.1, -0.05) is 18.2 Å². The molecule has 1 saturated carbocycles. The minimum atomic E-state index is -0.800. The second kappa shape index (κ2) is 4.73. The van der Waals surface area contributed by atoms with Crippen molar-refractivity contribution in [3.63, 3.8) is 0 Å². The minimum absolute atomic E-state index is 0.297. The zero-order valence-corrected chi connectivity index (χ0v) is 11.3. The number of primary amides is 1. The molecule has 1 aliphatic carbocycles. The van der Waals surface area contributed by atoms with E-state index in [-0.39, 0.29) is 0 Å². The van der Waals surface area contributed by atoms with E-state index in [0.29, 0.717) is 41.7 Å². The number of carboxylic acid groups (broad SMARTS) is 1. The Morgan fingerprint density at radius 1 is 1.33 bits per heavy atom. The van der Waals surface area contributed by atoms with E-state index in [1.54, 1.807) is 18.2 Å². The molecule has 0 bridgehead atoms. The van der Waals surface area contributed by atoms with Crippen molar-refractivity contribution in [1.82, 2.24) is 4.98 Å². The molecule has 3 rings (SSSR count). The summed E-state index contributed by atoms with van der Waals surface area (Å²) in [6.07, 6.45) is 1.32. The SMILES string of the molecule is NC(=O)c1cc(NCC2(C(=O)O)CC2)nc2ccccc12. The molecule has 1 heterocycles. The Morgan fingerprint density at radius 3 is 2.67 bits per heavy atom. The van der Waals surface area contributed by atoms with Crippen LogP contribution in [0.15, 0.2) is 30.3 Å². The topological polar surface area (TPSA) is 105 Å². The molecule has 0 spiro atoms. The van der Waals surface area contributed by atoms with Crippen LogP contribution in [-0.2, 0) is 4.79 Å². The third kappa shape index (κ3) is 2.40. The molecule has 1 fully saturated rings. The average molecular weight is 285 g/mol. The van der Waals surface area contributed by atoms with E-state index in [0.717, 1.165) is 0 Å². The average Bonchev–Trinajstić information content (AvgIpc) is 3.25. The molecule has 0 atom stereocenters. The molecule has 2 aromatic rings. The molecule has 0 saturated heterocycles. The number of pyridine rings is 1. The van der Waals surface area contributed by atoms with E-state index in [1.807, 2.05) is 12.1 Å². The van der Waals surface area contributed by atoms with Crippen molar-refractivity contribution in [2.24, 2.45) is 11.1 Å². The van der Waals surface area contributed by atoms with Crippen LogP contribution in [0.3, 0.4) is 0 Å². The molecule has 1 aromatic heterocycles. The Bertz CT molecular complexity index is 738. The number of carboxylic acids is 1. The van der Waals surface area contributed by atoms with E-state index in [1.165, 1.54) is 0 Å². The zero-order chi connectivity index (χ0) is 15.0. The Labute approximate surface area is 121 Å². The lowest BCUT2D eigenvalue weighted by Crippen LogP contribution is -2.25. The number of aliphatic carboxylic acids is 1. The van der Waals surface area contributed by atoms with Crippen molar-refractivity contribution in [1.29, 1.82) is 0 Å². The number of hydrogen-bond donors (Lipinski definition) is 3. The van der Waals surface area contributed by atoms with Crippen LogP contribution in [0.5, 0.6) is 0 Å². The molecule has 1 aliphatic rings. The fourth-order valence-electron chi connectivity index (χ4n) is 2.35. The summed E-state index contributed by atoms with van der Waals surface area (Å²) in [5.41, 5.74) is 5.74. The van der Waals surface area contributed by atoms with Crippen molar-refractivity contribution < 1.29 is 14.7 Å². The Morgan fingerprint density at radius 2 is 2.05 bits per heavy atom. The van der Waals surface area contributed by atoms with Gasteiger partial charge in [-0.15, -0.1) is 0 Å². The highest BCUT2D eigenvalue weighted by atomic mass is 16.4. The van der Waals surface area contributed by atoms with Gasteiger partial charge in [0.05, 0.1) is 16.5 Å². The van der Waals surface area contributed by atoms with E-state index in [4.69, 9.17) is 10.8 Å². The van der Waals surface area contributed by atoms with Crippen LogP contribution in [0.1, 0.15) is 23.2 Å². The highest BCUT2D eigenvalue weighted by Gasteiger charge is 2.50. The Balaban J connectivity index is 1.92. The minimum Gasteiger partial charge on any atom is -0.481 e. The van der Waals surface area contributed by atoms with E-state index in [9.17, 15) is 9.59 Å². The van der Waals surface area contributed by atoms with Gasteiger partial charge in [0.2, 0.25) is 5.91 Å². The number of anilines is 1. The predicted octanol–water partition coefficient (Wildman–Crippen LogP) is 1.61. The third-order valence-corrected chi connectivity index (χ3v) is 3.90. The molecular formula is C15H15N3O3. The summed E-state index contributed by atoms with van der Waals surface area (Å²) in [6.45, 7) is 0.297. The van der Waals surface area contributed by atoms with Crippen molar-refractivity contribution in [3.05, 3.63) is 35.9 Å². The van der Waals surface area contributed by atoms with Gasteiger partial charge in [-0.3, -0.25) is 9.59 Å². The number of amides is 1. The molecule has 6 nitrogen and oxygen atoms in total. The number of para-hydroxylation sites is 1. The molecular weight excluding hydrogens is 270 g/mol. The summed E-state index contributed by atoms with van der Waals surface area (Å²) in [7, 11) is 0. The van der Waals surface area contributed by atoms with Crippen LogP contribution in [0.25, 0.3) is 10.9 Å². The lowest BCUT2D eigenvalue weighted by atomic mass is 10.1. The first-order chi connectivity index (χ1) is 10.0. The number of rotatable bonds is 5. The first-order valence-corrected chi connectivity index (χ1v) is 6.69. The van der Waals surface area contributed by atoms with Gasteiger partial charge in [-0.2, -0.15) is 0 Å². The predicted molar refractivity (Wildman–Crippen MR) is 78.1 cm³/mol. The van der Waals surface area contributed by atoms with Crippen LogP contribution < -0.4 is 11.1 Å².